The van der Waals surface area contributed by atoms with E-state index < -0.39 is 0 Å². The van der Waals surface area contributed by atoms with Crippen LogP contribution in [-0.4, -0.2) is 23.1 Å². The minimum absolute atomic E-state index is 0.540. The van der Waals surface area contributed by atoms with Gasteiger partial charge in [0.15, 0.2) is 0 Å². The highest BCUT2D eigenvalue weighted by molar-refractivity contribution is 6.30. The molecule has 0 bridgehead atoms. The van der Waals surface area contributed by atoms with Gasteiger partial charge in [-0.3, -0.25) is 0 Å². The first-order valence-corrected chi connectivity index (χ1v) is 8.28. The predicted molar refractivity (Wildman–Crippen MR) is 85.5 cm³/mol. The van der Waals surface area contributed by atoms with Gasteiger partial charge in [0.2, 0.25) is 0 Å². The van der Waals surface area contributed by atoms with Crippen molar-refractivity contribution in [2.24, 2.45) is 5.41 Å². The Hall–Kier alpha value is -0.830. The maximum Gasteiger partial charge on any atom is 0.137 e. The third-order valence-corrected chi connectivity index (χ3v) is 5.32. The van der Waals surface area contributed by atoms with Crippen LogP contribution < -0.4 is 4.90 Å². The second-order valence-electron chi connectivity index (χ2n) is 5.91. The van der Waals surface area contributed by atoms with Crippen LogP contribution in [0.25, 0.3) is 0 Å². The third kappa shape index (κ3) is 3.08. The van der Waals surface area contributed by atoms with Crippen LogP contribution in [0.1, 0.15) is 58.4 Å². The number of halogens is 1. The first-order chi connectivity index (χ1) is 9.65. The second-order valence-corrected chi connectivity index (χ2v) is 6.27. The lowest BCUT2D eigenvalue weighted by molar-refractivity contribution is 0.199. The van der Waals surface area contributed by atoms with Crippen molar-refractivity contribution in [3.05, 3.63) is 17.0 Å². The molecule has 1 fully saturated rings. The van der Waals surface area contributed by atoms with E-state index in [0.717, 1.165) is 37.3 Å². The van der Waals surface area contributed by atoms with E-state index in [1.54, 1.807) is 6.33 Å². The molecule has 0 spiro atoms. The van der Waals surface area contributed by atoms with Crippen molar-refractivity contribution >= 4 is 17.4 Å². The number of nitrogens with zero attached hydrogens (tertiary/aromatic N) is 3. The Balaban J connectivity index is 2.16. The highest BCUT2D eigenvalue weighted by Gasteiger charge is 2.32. The molecule has 0 amide bonds. The number of hydrogen-bond acceptors (Lipinski definition) is 3. The molecule has 1 aromatic heterocycles. The molecule has 0 aromatic carbocycles. The summed E-state index contributed by atoms with van der Waals surface area (Å²) in [5.74, 6) is 1.06. The van der Waals surface area contributed by atoms with E-state index in [1.807, 2.05) is 0 Å². The van der Waals surface area contributed by atoms with Crippen LogP contribution in [-0.2, 0) is 6.42 Å². The fraction of sp³-hybridized carbons (Fsp3) is 0.750. The van der Waals surface area contributed by atoms with Crippen molar-refractivity contribution in [1.29, 1.82) is 0 Å². The molecule has 1 aliphatic rings. The molecule has 2 rings (SSSR count). The molecule has 112 valence electrons. The summed E-state index contributed by atoms with van der Waals surface area (Å²) in [5.41, 5.74) is 1.66. The molecule has 0 unspecified atom stereocenters. The topological polar surface area (TPSA) is 29.0 Å². The summed E-state index contributed by atoms with van der Waals surface area (Å²) in [6, 6.07) is 0. The zero-order valence-corrected chi connectivity index (χ0v) is 13.7. The van der Waals surface area contributed by atoms with E-state index in [-0.39, 0.29) is 0 Å². The Morgan fingerprint density at radius 3 is 2.35 bits per heavy atom. The Morgan fingerprint density at radius 1 is 1.15 bits per heavy atom. The van der Waals surface area contributed by atoms with E-state index >= 15 is 0 Å². The third-order valence-electron chi connectivity index (χ3n) is 4.99. The van der Waals surface area contributed by atoms with Crippen molar-refractivity contribution in [1.82, 2.24) is 9.97 Å². The van der Waals surface area contributed by atoms with E-state index in [4.69, 9.17) is 11.6 Å². The Morgan fingerprint density at radius 2 is 1.80 bits per heavy atom. The zero-order valence-electron chi connectivity index (χ0n) is 13.0. The number of aromatic nitrogens is 2. The fourth-order valence-electron chi connectivity index (χ4n) is 3.27. The average Bonchev–Trinajstić information content (AvgIpc) is 2.50. The van der Waals surface area contributed by atoms with E-state index in [1.165, 1.54) is 25.7 Å². The Labute approximate surface area is 127 Å². The van der Waals surface area contributed by atoms with Gasteiger partial charge in [-0.1, -0.05) is 51.6 Å². The highest BCUT2D eigenvalue weighted by atomic mass is 35.5. The quantitative estimate of drug-likeness (QED) is 0.750. The smallest absolute Gasteiger partial charge is 0.137 e. The highest BCUT2D eigenvalue weighted by Crippen LogP contribution is 2.39. The molecule has 0 saturated carbocycles. The SMILES string of the molecule is CCCc1c(Cl)ncnc1N1CCC(CC)(CC)CC1. The lowest BCUT2D eigenvalue weighted by Gasteiger charge is -2.42. The molecule has 20 heavy (non-hydrogen) atoms. The van der Waals surface area contributed by atoms with Crippen LogP contribution in [0.5, 0.6) is 0 Å². The lowest BCUT2D eigenvalue weighted by Crippen LogP contribution is -2.40. The zero-order chi connectivity index (χ0) is 14.6. The molecule has 0 atom stereocenters. The summed E-state index contributed by atoms with van der Waals surface area (Å²) in [4.78, 5) is 11.1. The van der Waals surface area contributed by atoms with Crippen LogP contribution in [0.4, 0.5) is 5.82 Å². The van der Waals surface area contributed by atoms with Gasteiger partial charge in [-0.15, -0.1) is 0 Å². The van der Waals surface area contributed by atoms with E-state index in [0.29, 0.717) is 10.6 Å². The molecular weight excluding hydrogens is 270 g/mol. The largest absolute Gasteiger partial charge is 0.356 e. The number of hydrogen-bond donors (Lipinski definition) is 0. The first kappa shape index (κ1) is 15.6. The molecule has 0 radical (unpaired) electrons. The van der Waals surface area contributed by atoms with Gasteiger partial charge in [0.05, 0.1) is 0 Å². The van der Waals surface area contributed by atoms with Gasteiger partial charge in [0.25, 0.3) is 0 Å². The monoisotopic (exact) mass is 295 g/mol. The van der Waals surface area contributed by atoms with Crippen molar-refractivity contribution < 1.29 is 0 Å². The van der Waals surface area contributed by atoms with Gasteiger partial charge < -0.3 is 4.90 Å². The maximum atomic E-state index is 6.26. The number of anilines is 1. The normalized spacial score (nSPS) is 18.3. The standard InChI is InChI=1S/C16H26ClN3/c1-4-7-13-14(17)18-12-19-15(13)20-10-8-16(5-2,6-3)9-11-20/h12H,4-11H2,1-3H3. The summed E-state index contributed by atoms with van der Waals surface area (Å²) in [7, 11) is 0. The van der Waals surface area contributed by atoms with Crippen LogP contribution in [0.3, 0.4) is 0 Å². The first-order valence-electron chi connectivity index (χ1n) is 7.90. The van der Waals surface area contributed by atoms with Crippen molar-refractivity contribution in [3.8, 4) is 0 Å². The van der Waals surface area contributed by atoms with Gasteiger partial charge >= 0.3 is 0 Å². The molecule has 4 heteroatoms. The minimum Gasteiger partial charge on any atom is -0.356 e. The number of rotatable bonds is 5. The summed E-state index contributed by atoms with van der Waals surface area (Å²) in [6.45, 7) is 8.99. The molecule has 1 saturated heterocycles. The van der Waals surface area contributed by atoms with Crippen LogP contribution in [0.2, 0.25) is 5.15 Å². The van der Waals surface area contributed by atoms with Crippen molar-refractivity contribution in [3.63, 3.8) is 0 Å². The van der Waals surface area contributed by atoms with Crippen molar-refractivity contribution in [2.75, 3.05) is 18.0 Å². The van der Waals surface area contributed by atoms with Crippen molar-refractivity contribution in [2.45, 2.75) is 59.3 Å². The molecule has 0 N–H and O–H groups in total. The van der Waals surface area contributed by atoms with Gasteiger partial charge in [-0.2, -0.15) is 0 Å². The second kappa shape index (κ2) is 6.75. The summed E-state index contributed by atoms with van der Waals surface area (Å²) < 4.78 is 0. The van der Waals surface area contributed by atoms with Crippen LogP contribution in [0.15, 0.2) is 6.33 Å². The minimum atomic E-state index is 0.540. The molecule has 2 heterocycles. The molecule has 1 aliphatic heterocycles. The summed E-state index contributed by atoms with van der Waals surface area (Å²) >= 11 is 6.26. The fourth-order valence-corrected chi connectivity index (χ4v) is 3.49. The molecule has 3 nitrogen and oxygen atoms in total. The van der Waals surface area contributed by atoms with Crippen LogP contribution >= 0.6 is 11.6 Å². The maximum absolute atomic E-state index is 6.26. The van der Waals surface area contributed by atoms with Gasteiger partial charge in [0.1, 0.15) is 17.3 Å². The Bertz CT molecular complexity index is 433. The van der Waals surface area contributed by atoms with Gasteiger partial charge in [-0.05, 0) is 24.7 Å². The lowest BCUT2D eigenvalue weighted by atomic mass is 9.74. The molecule has 1 aromatic rings. The molecular formula is C16H26ClN3. The number of piperidine rings is 1. The van der Waals surface area contributed by atoms with Crippen LogP contribution in [0, 0.1) is 5.41 Å². The average molecular weight is 296 g/mol. The van der Waals surface area contributed by atoms with E-state index in [9.17, 15) is 0 Å². The van der Waals surface area contributed by atoms with Gasteiger partial charge in [-0.25, -0.2) is 9.97 Å². The summed E-state index contributed by atoms with van der Waals surface area (Å²) in [6.07, 6.45) is 8.70. The van der Waals surface area contributed by atoms with Gasteiger partial charge in [0, 0.05) is 18.7 Å². The molecule has 0 aliphatic carbocycles. The summed E-state index contributed by atoms with van der Waals surface area (Å²) in [5, 5.41) is 0.625. The Kier molecular flexibility index (Phi) is 5.25. The predicted octanol–water partition coefficient (Wildman–Crippen LogP) is 4.49. The van der Waals surface area contributed by atoms with E-state index in [2.05, 4.69) is 35.6 Å².